The maximum absolute atomic E-state index is 16.6. The molecule has 0 aliphatic carbocycles. The third-order valence-electron chi connectivity index (χ3n) is 9.78. The molecule has 1 heterocycles. The van der Waals surface area contributed by atoms with Gasteiger partial charge >= 0.3 is 0 Å². The predicted octanol–water partition coefficient (Wildman–Crippen LogP) is 11.9. The predicted molar refractivity (Wildman–Crippen MR) is 211 cm³/mol. The summed E-state index contributed by atoms with van der Waals surface area (Å²) in [6, 6.07) is 40.1. The fraction of sp³-hybridized carbons (Fsp3) is 0.447. The van der Waals surface area contributed by atoms with E-state index in [1.165, 1.54) is 44.9 Å². The summed E-state index contributed by atoms with van der Waals surface area (Å²) in [5, 5.41) is 0. The molecule has 1 aliphatic heterocycles. The van der Waals surface area contributed by atoms with Gasteiger partial charge in [0.05, 0.1) is 33.0 Å². The molecular formula is C47H59FO5. The fourth-order valence-corrected chi connectivity index (χ4v) is 6.78. The summed E-state index contributed by atoms with van der Waals surface area (Å²) in [5.74, 6) is -0.0895. The van der Waals surface area contributed by atoms with Crippen molar-refractivity contribution in [3.8, 4) is 0 Å². The Kier molecular flexibility index (Phi) is 18.1. The van der Waals surface area contributed by atoms with Crippen molar-refractivity contribution < 1.29 is 28.1 Å². The molecule has 0 bridgehead atoms. The van der Waals surface area contributed by atoms with E-state index in [2.05, 4.69) is 6.92 Å². The van der Waals surface area contributed by atoms with Gasteiger partial charge < -0.3 is 23.7 Å². The van der Waals surface area contributed by atoms with Gasteiger partial charge in [-0.15, -0.1) is 0 Å². The van der Waals surface area contributed by atoms with Gasteiger partial charge in [-0.3, -0.25) is 0 Å². The van der Waals surface area contributed by atoms with Crippen LogP contribution in [0.4, 0.5) is 4.39 Å². The Balaban J connectivity index is 1.38. The van der Waals surface area contributed by atoms with Crippen LogP contribution in [0.25, 0.3) is 0 Å². The molecule has 4 atom stereocenters. The zero-order valence-electron chi connectivity index (χ0n) is 31.6. The fourth-order valence-electron chi connectivity index (χ4n) is 6.78. The highest BCUT2D eigenvalue weighted by molar-refractivity contribution is 5.20. The van der Waals surface area contributed by atoms with Crippen LogP contribution in [0.15, 0.2) is 133 Å². The lowest BCUT2D eigenvalue weighted by molar-refractivity contribution is -0.224. The first-order chi connectivity index (χ1) is 26.2. The van der Waals surface area contributed by atoms with Crippen molar-refractivity contribution in [2.75, 3.05) is 6.61 Å². The van der Waals surface area contributed by atoms with E-state index in [1.54, 1.807) is 0 Å². The van der Waals surface area contributed by atoms with Gasteiger partial charge in [-0.1, -0.05) is 186 Å². The summed E-state index contributed by atoms with van der Waals surface area (Å²) in [5.41, 5.74) is 4.07. The van der Waals surface area contributed by atoms with Crippen molar-refractivity contribution in [1.82, 2.24) is 0 Å². The van der Waals surface area contributed by atoms with E-state index in [1.807, 2.05) is 121 Å². The van der Waals surface area contributed by atoms with Gasteiger partial charge in [0.2, 0.25) is 0 Å². The van der Waals surface area contributed by atoms with E-state index in [4.69, 9.17) is 23.7 Å². The van der Waals surface area contributed by atoms with E-state index in [0.717, 1.165) is 41.5 Å². The molecule has 1 aliphatic rings. The van der Waals surface area contributed by atoms with E-state index >= 15 is 4.39 Å². The SMILES string of the molecule is CCCCCCCCCCCC/C(F)=C1\O[C@H](COCc2ccccc2)[C@@H](OCc2ccccc2)[C@H](OCc2ccccc2)[C@H]1OCc1ccccc1. The number of hydrogen-bond donors (Lipinski definition) is 0. The highest BCUT2D eigenvalue weighted by Crippen LogP contribution is 2.36. The first-order valence-corrected chi connectivity index (χ1v) is 19.8. The summed E-state index contributed by atoms with van der Waals surface area (Å²) < 4.78 is 49.7. The number of unbranched alkanes of at least 4 members (excludes halogenated alkanes) is 9. The number of allylic oxidation sites excluding steroid dienone is 1. The average molecular weight is 723 g/mol. The smallest absolute Gasteiger partial charge is 0.160 e. The Labute approximate surface area is 317 Å². The molecule has 0 aromatic heterocycles. The minimum absolute atomic E-state index is 0.194. The van der Waals surface area contributed by atoms with Gasteiger partial charge in [-0.05, 0) is 28.7 Å². The molecule has 284 valence electrons. The molecule has 0 unspecified atom stereocenters. The van der Waals surface area contributed by atoms with Gasteiger partial charge in [-0.25, -0.2) is 4.39 Å². The standard InChI is InChI=1S/C47H59FO5/c1-2-3-4-5-6-7-8-9-10-23-32-42(48)44-46(51-35-40-28-19-13-20-29-40)47(52-36-41-30-21-14-22-31-41)45(50-34-39-26-17-12-18-27-39)43(53-44)37-49-33-38-24-15-11-16-25-38/h11-22,24-31,43,45-47H,2-10,23,32-37H2,1H3/b44-42+/t43-,45-,46+,47+/m1/s1. The third kappa shape index (κ3) is 14.2. The molecule has 0 saturated carbocycles. The lowest BCUT2D eigenvalue weighted by Crippen LogP contribution is -2.56. The molecule has 4 aromatic carbocycles. The number of hydrogen-bond acceptors (Lipinski definition) is 5. The third-order valence-corrected chi connectivity index (χ3v) is 9.78. The maximum atomic E-state index is 16.6. The molecule has 1 saturated heterocycles. The van der Waals surface area contributed by atoms with E-state index in [0.29, 0.717) is 19.8 Å². The van der Waals surface area contributed by atoms with Gasteiger partial charge in [0, 0.05) is 6.42 Å². The Hall–Kier alpha value is -3.81. The summed E-state index contributed by atoms with van der Waals surface area (Å²) in [4.78, 5) is 0. The topological polar surface area (TPSA) is 46.2 Å². The summed E-state index contributed by atoms with van der Waals surface area (Å²) in [7, 11) is 0. The molecule has 0 radical (unpaired) electrons. The van der Waals surface area contributed by atoms with Crippen LogP contribution in [0.1, 0.15) is 99.8 Å². The largest absolute Gasteiger partial charge is 0.484 e. The summed E-state index contributed by atoms with van der Waals surface area (Å²) in [6.45, 7) is 3.76. The number of halogens is 1. The average Bonchev–Trinajstić information content (AvgIpc) is 3.21. The van der Waals surface area contributed by atoms with Crippen molar-refractivity contribution in [2.45, 2.75) is 128 Å². The molecule has 4 aromatic rings. The monoisotopic (exact) mass is 722 g/mol. The summed E-state index contributed by atoms with van der Waals surface area (Å²) >= 11 is 0. The second kappa shape index (κ2) is 23.8. The summed E-state index contributed by atoms with van der Waals surface area (Å²) in [6.07, 6.45) is 9.36. The van der Waals surface area contributed by atoms with Crippen LogP contribution in [-0.4, -0.2) is 31.0 Å². The van der Waals surface area contributed by atoms with Crippen LogP contribution < -0.4 is 0 Å². The number of benzene rings is 4. The Bertz CT molecular complexity index is 1550. The van der Waals surface area contributed by atoms with Crippen LogP contribution in [0.2, 0.25) is 0 Å². The lowest BCUT2D eigenvalue weighted by atomic mass is 9.95. The van der Waals surface area contributed by atoms with Crippen molar-refractivity contribution >= 4 is 0 Å². The zero-order valence-corrected chi connectivity index (χ0v) is 31.6. The van der Waals surface area contributed by atoms with Crippen LogP contribution in [0.5, 0.6) is 0 Å². The van der Waals surface area contributed by atoms with Crippen LogP contribution >= 0.6 is 0 Å². The van der Waals surface area contributed by atoms with Crippen molar-refractivity contribution in [3.05, 3.63) is 155 Å². The normalized spacial score (nSPS) is 19.5. The maximum Gasteiger partial charge on any atom is 0.160 e. The molecule has 53 heavy (non-hydrogen) atoms. The second-order valence-electron chi connectivity index (χ2n) is 14.1. The van der Waals surface area contributed by atoms with E-state index < -0.39 is 24.4 Å². The minimum Gasteiger partial charge on any atom is -0.484 e. The van der Waals surface area contributed by atoms with Crippen molar-refractivity contribution in [1.29, 1.82) is 0 Å². The number of rotatable bonds is 24. The minimum atomic E-state index is -0.826. The highest BCUT2D eigenvalue weighted by Gasteiger charge is 2.48. The molecule has 0 amide bonds. The van der Waals surface area contributed by atoms with Crippen LogP contribution in [0.3, 0.4) is 0 Å². The van der Waals surface area contributed by atoms with Crippen molar-refractivity contribution in [2.24, 2.45) is 0 Å². The molecular weight excluding hydrogens is 664 g/mol. The van der Waals surface area contributed by atoms with Gasteiger partial charge in [0.1, 0.15) is 24.1 Å². The molecule has 1 fully saturated rings. The quantitative estimate of drug-likeness (QED) is 0.0674. The van der Waals surface area contributed by atoms with Gasteiger partial charge in [0.25, 0.3) is 0 Å². The Morgan fingerprint density at radius 1 is 0.509 bits per heavy atom. The van der Waals surface area contributed by atoms with Crippen LogP contribution in [-0.2, 0) is 50.1 Å². The lowest BCUT2D eigenvalue weighted by Gasteiger charge is -2.43. The second-order valence-corrected chi connectivity index (χ2v) is 14.1. The van der Waals surface area contributed by atoms with E-state index in [-0.39, 0.29) is 31.2 Å². The van der Waals surface area contributed by atoms with Gasteiger partial charge in [0.15, 0.2) is 11.9 Å². The molecule has 5 rings (SSSR count). The number of ether oxygens (including phenoxy) is 5. The van der Waals surface area contributed by atoms with Gasteiger partial charge in [-0.2, -0.15) is 0 Å². The van der Waals surface area contributed by atoms with E-state index in [9.17, 15) is 0 Å². The molecule has 6 heteroatoms. The first-order valence-electron chi connectivity index (χ1n) is 19.8. The Morgan fingerprint density at radius 3 is 1.42 bits per heavy atom. The first kappa shape index (κ1) is 40.4. The van der Waals surface area contributed by atoms with Crippen LogP contribution in [0, 0.1) is 0 Å². The molecule has 5 nitrogen and oxygen atoms in total. The van der Waals surface area contributed by atoms with Crippen molar-refractivity contribution in [3.63, 3.8) is 0 Å². The highest BCUT2D eigenvalue weighted by atomic mass is 19.1. The molecule has 0 N–H and O–H groups in total. The molecule has 0 spiro atoms. The zero-order chi connectivity index (χ0) is 36.8. The Morgan fingerprint density at radius 2 is 0.925 bits per heavy atom.